The monoisotopic (exact) mass is 573 g/mol. The molecule has 0 aliphatic heterocycles. The highest BCUT2D eigenvalue weighted by molar-refractivity contribution is 7.93. The van der Waals surface area contributed by atoms with Gasteiger partial charge in [-0.15, -0.1) is 0 Å². The summed E-state index contributed by atoms with van der Waals surface area (Å²) in [5, 5.41) is 2.53. The van der Waals surface area contributed by atoms with E-state index in [0.717, 1.165) is 23.8 Å². The predicted octanol–water partition coefficient (Wildman–Crippen LogP) is 5.64. The van der Waals surface area contributed by atoms with Crippen LogP contribution in [0, 0.1) is 12.7 Å². The molecule has 0 fully saturated rings. The lowest BCUT2D eigenvalue weighted by Gasteiger charge is -2.12. The first-order valence-corrected chi connectivity index (χ1v) is 14.4. The lowest BCUT2D eigenvalue weighted by Crippen LogP contribution is -2.17. The lowest BCUT2D eigenvalue weighted by molar-refractivity contribution is 0.102. The molecule has 4 rings (SSSR count). The summed E-state index contributed by atoms with van der Waals surface area (Å²) >= 11 is 6.14. The topological polar surface area (TPSA) is 121 Å². The first-order valence-electron chi connectivity index (χ1n) is 11.0. The summed E-state index contributed by atoms with van der Waals surface area (Å²) < 4.78 is 68.9. The molecular formula is C26H21ClFN3O5S2. The maximum atomic E-state index is 13.1. The van der Waals surface area contributed by atoms with Crippen LogP contribution in [0.2, 0.25) is 5.02 Å². The van der Waals surface area contributed by atoms with E-state index >= 15 is 0 Å². The van der Waals surface area contributed by atoms with E-state index in [0.29, 0.717) is 5.69 Å². The summed E-state index contributed by atoms with van der Waals surface area (Å²) in [4.78, 5) is 12.5. The van der Waals surface area contributed by atoms with Gasteiger partial charge in [-0.05, 0) is 91.3 Å². The summed E-state index contributed by atoms with van der Waals surface area (Å²) in [6.07, 6.45) is 0. The Morgan fingerprint density at radius 3 is 2.03 bits per heavy atom. The number of nitrogens with one attached hydrogen (secondary N) is 3. The first kappa shape index (κ1) is 27.1. The van der Waals surface area contributed by atoms with E-state index in [1.54, 1.807) is 18.2 Å². The van der Waals surface area contributed by atoms with E-state index in [-0.39, 0.29) is 31.8 Å². The predicted molar refractivity (Wildman–Crippen MR) is 145 cm³/mol. The summed E-state index contributed by atoms with van der Waals surface area (Å²) in [7, 11) is -8.05. The van der Waals surface area contributed by atoms with Gasteiger partial charge in [-0.2, -0.15) is 0 Å². The summed E-state index contributed by atoms with van der Waals surface area (Å²) in [6, 6.07) is 20.8. The molecule has 196 valence electrons. The highest BCUT2D eigenvalue weighted by Crippen LogP contribution is 2.26. The van der Waals surface area contributed by atoms with Gasteiger partial charge in [0.2, 0.25) is 0 Å². The molecule has 0 saturated carbocycles. The molecule has 0 aliphatic rings. The summed E-state index contributed by atoms with van der Waals surface area (Å²) in [6.45, 7) is 1.82. The van der Waals surface area contributed by atoms with E-state index in [2.05, 4.69) is 14.8 Å². The number of sulfonamides is 2. The Balaban J connectivity index is 1.49. The van der Waals surface area contributed by atoms with E-state index in [9.17, 15) is 26.0 Å². The minimum absolute atomic E-state index is 0.0219. The van der Waals surface area contributed by atoms with Crippen LogP contribution in [0.15, 0.2) is 101 Å². The minimum atomic E-state index is -4.10. The Kier molecular flexibility index (Phi) is 7.72. The second-order valence-corrected chi connectivity index (χ2v) is 12.0. The van der Waals surface area contributed by atoms with Gasteiger partial charge in [0.15, 0.2) is 0 Å². The number of carbonyl (C=O) groups is 1. The molecule has 0 aliphatic carbocycles. The lowest BCUT2D eigenvalue weighted by atomic mass is 10.2. The Morgan fingerprint density at radius 2 is 1.37 bits per heavy atom. The third-order valence-corrected chi connectivity index (χ3v) is 8.53. The number of anilines is 3. The van der Waals surface area contributed by atoms with Crippen LogP contribution in [-0.4, -0.2) is 22.7 Å². The fraction of sp³-hybridized carbons (Fsp3) is 0.0385. The number of amides is 1. The van der Waals surface area contributed by atoms with Gasteiger partial charge >= 0.3 is 0 Å². The highest BCUT2D eigenvalue weighted by atomic mass is 35.5. The third kappa shape index (κ3) is 6.49. The van der Waals surface area contributed by atoms with Gasteiger partial charge < -0.3 is 5.32 Å². The molecule has 0 atom stereocenters. The molecular weight excluding hydrogens is 553 g/mol. The van der Waals surface area contributed by atoms with E-state index < -0.39 is 31.8 Å². The normalized spacial score (nSPS) is 11.6. The van der Waals surface area contributed by atoms with Crippen LogP contribution in [0.4, 0.5) is 21.5 Å². The highest BCUT2D eigenvalue weighted by Gasteiger charge is 2.21. The third-order valence-electron chi connectivity index (χ3n) is 5.27. The molecule has 4 aromatic rings. The number of hydrogen-bond donors (Lipinski definition) is 3. The van der Waals surface area contributed by atoms with Crippen molar-refractivity contribution in [1.82, 2.24) is 0 Å². The van der Waals surface area contributed by atoms with Gasteiger partial charge in [0.25, 0.3) is 26.0 Å². The fourth-order valence-electron chi connectivity index (χ4n) is 3.42. The molecule has 0 aromatic heterocycles. The van der Waals surface area contributed by atoms with Gasteiger partial charge in [0.05, 0.1) is 9.92 Å². The van der Waals surface area contributed by atoms with Crippen LogP contribution in [0.1, 0.15) is 15.9 Å². The Hall–Kier alpha value is -3.93. The standard InChI is InChI=1S/C26H21ClFN3O5S2/c1-17-3-2-4-22(15-17)31-38(35,36)25-16-18(5-14-24(25)27)26(32)29-20-10-12-23(13-11-20)37(33,34)30-21-8-6-19(28)7-9-21/h2-16,30-31H,1H3,(H,29,32). The van der Waals surface area contributed by atoms with Crippen molar-refractivity contribution in [3.8, 4) is 0 Å². The molecule has 0 bridgehead atoms. The van der Waals surface area contributed by atoms with Crippen LogP contribution in [0.5, 0.6) is 0 Å². The van der Waals surface area contributed by atoms with E-state index in [1.165, 1.54) is 48.5 Å². The fourth-order valence-corrected chi connectivity index (χ4v) is 6.06. The zero-order valence-electron chi connectivity index (χ0n) is 19.8. The van der Waals surface area contributed by atoms with Crippen LogP contribution in [-0.2, 0) is 20.0 Å². The van der Waals surface area contributed by atoms with Crippen molar-refractivity contribution in [3.05, 3.63) is 113 Å². The average molecular weight is 574 g/mol. The van der Waals surface area contributed by atoms with Crippen molar-refractivity contribution in [3.63, 3.8) is 0 Å². The van der Waals surface area contributed by atoms with Crippen molar-refractivity contribution >= 4 is 54.6 Å². The van der Waals surface area contributed by atoms with Crippen LogP contribution < -0.4 is 14.8 Å². The number of hydrogen-bond acceptors (Lipinski definition) is 5. The second-order valence-electron chi connectivity index (χ2n) is 8.21. The second kappa shape index (κ2) is 10.8. The molecule has 0 unspecified atom stereocenters. The molecule has 8 nitrogen and oxygen atoms in total. The molecule has 0 spiro atoms. The van der Waals surface area contributed by atoms with Crippen LogP contribution >= 0.6 is 11.6 Å². The molecule has 38 heavy (non-hydrogen) atoms. The summed E-state index contributed by atoms with van der Waals surface area (Å²) in [5.74, 6) is -1.13. The Labute approximate surface area is 224 Å². The summed E-state index contributed by atoms with van der Waals surface area (Å²) in [5.41, 5.74) is 1.69. The first-order chi connectivity index (χ1) is 17.9. The van der Waals surface area contributed by atoms with Crippen LogP contribution in [0.3, 0.4) is 0 Å². The quantitative estimate of drug-likeness (QED) is 0.252. The molecule has 0 radical (unpaired) electrons. The Bertz CT molecular complexity index is 1710. The zero-order valence-corrected chi connectivity index (χ0v) is 22.2. The van der Waals surface area contributed by atoms with Crippen LogP contribution in [0.25, 0.3) is 0 Å². The van der Waals surface area contributed by atoms with Gasteiger partial charge in [0.1, 0.15) is 10.7 Å². The van der Waals surface area contributed by atoms with Crippen molar-refractivity contribution in [2.24, 2.45) is 0 Å². The smallest absolute Gasteiger partial charge is 0.263 e. The Morgan fingerprint density at radius 1 is 0.737 bits per heavy atom. The van der Waals surface area contributed by atoms with Crippen molar-refractivity contribution in [1.29, 1.82) is 0 Å². The van der Waals surface area contributed by atoms with E-state index in [4.69, 9.17) is 11.6 Å². The van der Waals surface area contributed by atoms with E-state index in [1.807, 2.05) is 13.0 Å². The number of rotatable bonds is 8. The molecule has 4 aromatic carbocycles. The maximum Gasteiger partial charge on any atom is 0.263 e. The van der Waals surface area contributed by atoms with Gasteiger partial charge in [-0.3, -0.25) is 14.2 Å². The number of halogens is 2. The van der Waals surface area contributed by atoms with Gasteiger partial charge in [0, 0.05) is 22.6 Å². The molecule has 3 N–H and O–H groups in total. The molecule has 12 heteroatoms. The number of aryl methyl sites for hydroxylation is 1. The largest absolute Gasteiger partial charge is 0.322 e. The van der Waals surface area contributed by atoms with Gasteiger partial charge in [-0.25, -0.2) is 21.2 Å². The zero-order chi connectivity index (χ0) is 27.5. The van der Waals surface area contributed by atoms with Crippen molar-refractivity contribution in [2.75, 3.05) is 14.8 Å². The SMILES string of the molecule is Cc1cccc(NS(=O)(=O)c2cc(C(=O)Nc3ccc(S(=O)(=O)Nc4ccc(F)cc4)cc3)ccc2Cl)c1. The van der Waals surface area contributed by atoms with Crippen molar-refractivity contribution in [2.45, 2.75) is 16.7 Å². The number of benzene rings is 4. The molecule has 1 amide bonds. The maximum absolute atomic E-state index is 13.1. The van der Waals surface area contributed by atoms with Crippen molar-refractivity contribution < 1.29 is 26.0 Å². The minimum Gasteiger partial charge on any atom is -0.322 e. The molecule has 0 heterocycles. The number of carbonyl (C=O) groups excluding carboxylic acids is 1. The van der Waals surface area contributed by atoms with Gasteiger partial charge in [-0.1, -0.05) is 23.7 Å². The average Bonchev–Trinajstić information content (AvgIpc) is 2.85. The molecule has 0 saturated heterocycles.